The Bertz CT molecular complexity index is 1370. The summed E-state index contributed by atoms with van der Waals surface area (Å²) in [5.41, 5.74) is 1.85. The third kappa shape index (κ3) is 6.67. The van der Waals surface area contributed by atoms with E-state index in [-0.39, 0.29) is 36.1 Å². The van der Waals surface area contributed by atoms with Crippen molar-refractivity contribution in [3.63, 3.8) is 0 Å². The van der Waals surface area contributed by atoms with E-state index in [1.807, 2.05) is 44.3 Å². The number of carbonyl (C=O) groups excluding carboxylic acids is 4. The van der Waals surface area contributed by atoms with Gasteiger partial charge in [-0.3, -0.25) is 24.1 Å². The number of benzene rings is 2. The molecule has 4 amide bonds. The number of hydrogen-bond donors (Lipinski definition) is 3. The Balaban J connectivity index is 1.26. The highest BCUT2D eigenvalue weighted by Gasteiger charge is 2.34. The molecule has 10 heteroatoms. The maximum Gasteiger partial charge on any atom is 0.261 e. The van der Waals surface area contributed by atoms with Crippen LogP contribution in [0.15, 0.2) is 54.7 Å². The summed E-state index contributed by atoms with van der Waals surface area (Å²) in [5.74, 6) is -0.253. The minimum Gasteiger partial charge on any atom is -0.497 e. The van der Waals surface area contributed by atoms with Crippen LogP contribution in [0.3, 0.4) is 0 Å². The van der Waals surface area contributed by atoms with Gasteiger partial charge in [0.05, 0.1) is 23.5 Å². The standard InChI is InChI=1S/C30H36N4O5S/c1-19(2)17-24(27(35)31-13-16-33-15-12-20-18-21(39-3)10-11-25(20)33)32-28(36)26(40)9-6-14-34-29(37)22-7-4-5-8-23(22)30(34)38/h4-5,7-8,10-12,15,18-19,24,26,40H,6,9,13-14,16-17H2,1-3H3,(H,31,35)(H,32,36)/t24-,26?/m0/s1. The van der Waals surface area contributed by atoms with Crippen molar-refractivity contribution in [2.75, 3.05) is 20.2 Å². The van der Waals surface area contributed by atoms with E-state index in [9.17, 15) is 19.2 Å². The molecule has 0 radical (unpaired) electrons. The van der Waals surface area contributed by atoms with Crippen LogP contribution in [0.5, 0.6) is 5.75 Å². The second kappa shape index (κ2) is 13.0. The first-order chi connectivity index (χ1) is 19.2. The molecule has 40 heavy (non-hydrogen) atoms. The van der Waals surface area contributed by atoms with Gasteiger partial charge in [-0.05, 0) is 61.6 Å². The van der Waals surface area contributed by atoms with Gasteiger partial charge in [0.15, 0.2) is 0 Å². The van der Waals surface area contributed by atoms with Crippen LogP contribution in [0.25, 0.3) is 10.9 Å². The molecule has 2 N–H and O–H groups in total. The molecule has 2 aromatic carbocycles. The number of nitrogens with one attached hydrogen (secondary N) is 2. The Hall–Kier alpha value is -3.79. The third-order valence-corrected chi connectivity index (χ3v) is 7.50. The van der Waals surface area contributed by atoms with E-state index < -0.39 is 11.3 Å². The summed E-state index contributed by atoms with van der Waals surface area (Å²) in [6.45, 7) is 5.17. The third-order valence-electron chi connectivity index (χ3n) is 7.01. The number of methoxy groups -OCH3 is 1. The lowest BCUT2D eigenvalue weighted by Gasteiger charge is -2.22. The van der Waals surface area contributed by atoms with Crippen molar-refractivity contribution in [1.29, 1.82) is 0 Å². The van der Waals surface area contributed by atoms with Crippen LogP contribution in [0, 0.1) is 5.92 Å². The average molecular weight is 565 g/mol. The number of thiol groups is 1. The van der Waals surface area contributed by atoms with Crippen LogP contribution in [-0.2, 0) is 16.1 Å². The van der Waals surface area contributed by atoms with Gasteiger partial charge < -0.3 is 19.9 Å². The van der Waals surface area contributed by atoms with Gasteiger partial charge in [0.25, 0.3) is 11.8 Å². The first kappa shape index (κ1) is 29.2. The molecule has 1 aliphatic rings. The summed E-state index contributed by atoms with van der Waals surface area (Å²) >= 11 is 4.44. The first-order valence-electron chi connectivity index (χ1n) is 13.5. The number of hydrogen-bond acceptors (Lipinski definition) is 6. The molecule has 3 aromatic rings. The summed E-state index contributed by atoms with van der Waals surface area (Å²) in [7, 11) is 1.63. The first-order valence-corrected chi connectivity index (χ1v) is 14.1. The molecule has 1 aliphatic heterocycles. The minimum absolute atomic E-state index is 0.187. The van der Waals surface area contributed by atoms with Gasteiger partial charge in [-0.2, -0.15) is 12.6 Å². The molecule has 2 atom stereocenters. The molecule has 0 saturated carbocycles. The highest BCUT2D eigenvalue weighted by molar-refractivity contribution is 7.81. The van der Waals surface area contributed by atoms with E-state index in [1.54, 1.807) is 31.4 Å². The molecule has 2 heterocycles. The van der Waals surface area contributed by atoms with Crippen molar-refractivity contribution in [1.82, 2.24) is 20.1 Å². The van der Waals surface area contributed by atoms with Gasteiger partial charge in [-0.1, -0.05) is 26.0 Å². The Morgan fingerprint density at radius 1 is 0.975 bits per heavy atom. The van der Waals surface area contributed by atoms with Crippen molar-refractivity contribution >= 4 is 47.2 Å². The normalized spacial score (nSPS) is 14.4. The number of rotatable bonds is 13. The molecule has 9 nitrogen and oxygen atoms in total. The number of aromatic nitrogens is 1. The maximum absolute atomic E-state index is 13.0. The van der Waals surface area contributed by atoms with E-state index in [0.29, 0.717) is 43.5 Å². The Morgan fingerprint density at radius 2 is 1.68 bits per heavy atom. The number of ether oxygens (including phenoxy) is 1. The van der Waals surface area contributed by atoms with Crippen molar-refractivity contribution in [3.05, 3.63) is 65.9 Å². The molecule has 212 valence electrons. The minimum atomic E-state index is -0.691. The molecule has 0 fully saturated rings. The largest absolute Gasteiger partial charge is 0.497 e. The lowest BCUT2D eigenvalue weighted by Crippen LogP contribution is -2.50. The summed E-state index contributed by atoms with van der Waals surface area (Å²) in [6.07, 6.45) is 3.23. The number of fused-ring (bicyclic) bond motifs is 2. The van der Waals surface area contributed by atoms with Gasteiger partial charge in [-0.15, -0.1) is 0 Å². The molecular weight excluding hydrogens is 528 g/mol. The fourth-order valence-corrected chi connectivity index (χ4v) is 5.17. The monoisotopic (exact) mass is 564 g/mol. The van der Waals surface area contributed by atoms with Crippen molar-refractivity contribution < 1.29 is 23.9 Å². The zero-order valence-corrected chi connectivity index (χ0v) is 23.9. The number of amides is 4. The van der Waals surface area contributed by atoms with Crippen molar-refractivity contribution in [2.24, 2.45) is 5.92 Å². The number of imide groups is 1. The molecule has 0 saturated heterocycles. The van der Waals surface area contributed by atoms with Crippen molar-refractivity contribution in [3.8, 4) is 5.75 Å². The second-order valence-corrected chi connectivity index (χ2v) is 11.0. The topological polar surface area (TPSA) is 110 Å². The van der Waals surface area contributed by atoms with E-state index in [1.165, 1.54) is 4.90 Å². The molecular formula is C30H36N4O5S. The van der Waals surface area contributed by atoms with Crippen LogP contribution < -0.4 is 15.4 Å². The van der Waals surface area contributed by atoms with Gasteiger partial charge in [0.2, 0.25) is 11.8 Å². The quantitative estimate of drug-likeness (QED) is 0.217. The summed E-state index contributed by atoms with van der Waals surface area (Å²) in [6, 6.07) is 13.9. The van der Waals surface area contributed by atoms with Gasteiger partial charge in [-0.25, -0.2) is 0 Å². The molecule has 1 unspecified atom stereocenters. The Kier molecular flexibility index (Phi) is 9.52. The zero-order chi connectivity index (χ0) is 28.8. The van der Waals surface area contributed by atoms with Crippen LogP contribution in [0.1, 0.15) is 53.8 Å². The molecule has 0 aliphatic carbocycles. The van der Waals surface area contributed by atoms with Crippen LogP contribution in [0.2, 0.25) is 0 Å². The zero-order valence-electron chi connectivity index (χ0n) is 23.1. The molecule has 0 bridgehead atoms. The van der Waals surface area contributed by atoms with Crippen LogP contribution >= 0.6 is 12.6 Å². The van der Waals surface area contributed by atoms with E-state index >= 15 is 0 Å². The SMILES string of the molecule is COc1ccc2c(ccn2CCNC(=O)[C@H](CC(C)C)NC(=O)C(S)CCCN2C(=O)c3ccccc3C2=O)c1. The van der Waals surface area contributed by atoms with Crippen LogP contribution in [-0.4, -0.2) is 64.6 Å². The van der Waals surface area contributed by atoms with Crippen molar-refractivity contribution in [2.45, 2.75) is 50.9 Å². The fraction of sp³-hybridized carbons (Fsp3) is 0.400. The maximum atomic E-state index is 13.0. The summed E-state index contributed by atoms with van der Waals surface area (Å²) in [4.78, 5) is 52.2. The summed E-state index contributed by atoms with van der Waals surface area (Å²) in [5, 5.41) is 6.17. The van der Waals surface area contributed by atoms with Gasteiger partial charge >= 0.3 is 0 Å². The van der Waals surface area contributed by atoms with Gasteiger partial charge in [0.1, 0.15) is 11.8 Å². The summed E-state index contributed by atoms with van der Waals surface area (Å²) < 4.78 is 7.34. The van der Waals surface area contributed by atoms with E-state index in [2.05, 4.69) is 27.8 Å². The highest BCUT2D eigenvalue weighted by Crippen LogP contribution is 2.23. The second-order valence-electron chi connectivity index (χ2n) is 10.4. The van der Waals surface area contributed by atoms with E-state index in [4.69, 9.17) is 4.74 Å². The fourth-order valence-electron chi connectivity index (χ4n) is 4.91. The lowest BCUT2D eigenvalue weighted by molar-refractivity contribution is -0.129. The molecule has 0 spiro atoms. The Morgan fingerprint density at radius 3 is 2.33 bits per heavy atom. The predicted molar refractivity (Wildman–Crippen MR) is 157 cm³/mol. The molecule has 4 rings (SSSR count). The Labute approximate surface area is 239 Å². The number of carbonyl (C=O) groups is 4. The van der Waals surface area contributed by atoms with E-state index in [0.717, 1.165) is 16.7 Å². The molecule has 1 aromatic heterocycles. The average Bonchev–Trinajstić information content (AvgIpc) is 3.45. The number of nitrogens with zero attached hydrogens (tertiary/aromatic N) is 2. The highest BCUT2D eigenvalue weighted by atomic mass is 32.1. The predicted octanol–water partition coefficient (Wildman–Crippen LogP) is 3.67. The lowest BCUT2D eigenvalue weighted by atomic mass is 10.0. The smallest absolute Gasteiger partial charge is 0.261 e. The van der Waals surface area contributed by atoms with Gasteiger partial charge in [0, 0.05) is 36.7 Å². The van der Waals surface area contributed by atoms with Crippen LogP contribution in [0.4, 0.5) is 0 Å².